The fourth-order valence-electron chi connectivity index (χ4n) is 1.87. The number of halogens is 5. The number of fused-ring (bicyclic) bond motifs is 1. The van der Waals surface area contributed by atoms with E-state index in [-0.39, 0.29) is 12.4 Å². The Balaban J connectivity index is 0.00000162. The van der Waals surface area contributed by atoms with Gasteiger partial charge in [-0.15, -0.1) is 25.6 Å². The molecule has 0 N–H and O–H groups in total. The quantitative estimate of drug-likeness (QED) is 0.588. The third-order valence-corrected chi connectivity index (χ3v) is 4.84. The number of thiophene rings is 1. The highest BCUT2D eigenvalue weighted by Gasteiger charge is 2.47. The molecular weight excluding hydrogens is 304 g/mol. The molecule has 0 nitrogen and oxygen atoms in total. The summed E-state index contributed by atoms with van der Waals surface area (Å²) in [5, 5.41) is 1.01. The van der Waals surface area contributed by atoms with Crippen LogP contribution in [-0.2, 0) is 11.9 Å². The molecule has 2 aromatic rings. The molecule has 2 rings (SSSR count). The molecule has 0 aliphatic heterocycles. The summed E-state index contributed by atoms with van der Waals surface area (Å²) >= 11 is 5.78. The molecule has 100 valence electrons. The molecule has 0 saturated carbocycles. The maximum atomic E-state index is 13.1. The SMILES string of the molecule is CCCc1cc2ccc(Cl)cc2[s+]1C(F)(F)F.Cl. The smallest absolute Gasteiger partial charge is 0.147 e. The van der Waals surface area contributed by atoms with Crippen LogP contribution in [0.15, 0.2) is 24.3 Å². The second-order valence-electron chi connectivity index (χ2n) is 3.79. The molecule has 18 heavy (non-hydrogen) atoms. The maximum absolute atomic E-state index is 13.1. The summed E-state index contributed by atoms with van der Waals surface area (Å²) in [6.07, 6.45) is 1.20. The third-order valence-electron chi connectivity index (χ3n) is 2.50. The van der Waals surface area contributed by atoms with Crippen LogP contribution in [-0.4, -0.2) is 0 Å². The molecule has 0 amide bonds. The van der Waals surface area contributed by atoms with Gasteiger partial charge >= 0.3 is 5.51 Å². The second-order valence-corrected chi connectivity index (χ2v) is 6.27. The molecule has 0 spiro atoms. The van der Waals surface area contributed by atoms with E-state index in [2.05, 4.69) is 0 Å². The van der Waals surface area contributed by atoms with Gasteiger partial charge in [0.2, 0.25) is 0 Å². The Kier molecular flexibility index (Phi) is 4.92. The summed E-state index contributed by atoms with van der Waals surface area (Å²) in [6.45, 7) is 1.88. The van der Waals surface area contributed by atoms with Crippen molar-refractivity contribution in [2.45, 2.75) is 25.3 Å². The van der Waals surface area contributed by atoms with E-state index in [0.29, 0.717) is 32.8 Å². The average Bonchev–Trinajstić information content (AvgIpc) is 2.54. The van der Waals surface area contributed by atoms with E-state index in [1.807, 2.05) is 6.92 Å². The highest BCUT2D eigenvalue weighted by Crippen LogP contribution is 2.51. The first-order chi connectivity index (χ1) is 7.93. The van der Waals surface area contributed by atoms with Crippen LogP contribution in [0.25, 0.3) is 10.1 Å². The van der Waals surface area contributed by atoms with Crippen molar-refractivity contribution in [2.24, 2.45) is 0 Å². The zero-order chi connectivity index (χ0) is 12.6. The highest BCUT2D eigenvalue weighted by atomic mass is 35.5. The molecule has 1 heterocycles. The van der Waals surface area contributed by atoms with Gasteiger partial charge in [0, 0.05) is 29.0 Å². The zero-order valence-corrected chi connectivity index (χ0v) is 11.9. The van der Waals surface area contributed by atoms with Crippen molar-refractivity contribution in [1.29, 1.82) is 0 Å². The van der Waals surface area contributed by atoms with Crippen LogP contribution in [0.2, 0.25) is 5.02 Å². The summed E-state index contributed by atoms with van der Waals surface area (Å²) in [4.78, 5) is 0.470. The monoisotopic (exact) mass is 315 g/mol. The van der Waals surface area contributed by atoms with Gasteiger partial charge in [-0.1, -0.05) is 18.5 Å². The summed E-state index contributed by atoms with van der Waals surface area (Å²) in [5.74, 6) is 0. The van der Waals surface area contributed by atoms with Crippen molar-refractivity contribution >= 4 is 44.6 Å². The van der Waals surface area contributed by atoms with E-state index < -0.39 is 16.0 Å². The van der Waals surface area contributed by atoms with E-state index in [1.54, 1.807) is 18.2 Å². The normalized spacial score (nSPS) is 12.6. The Hall–Kier alpha value is -0.450. The predicted octanol–water partition coefficient (Wildman–Crippen LogP) is 6.09. The van der Waals surface area contributed by atoms with Gasteiger partial charge in [0.05, 0.1) is 10.5 Å². The number of hydrogen-bond donors (Lipinski definition) is 0. The molecule has 1 aromatic carbocycles. The minimum absolute atomic E-state index is 0. The minimum Gasteiger partial charge on any atom is -0.147 e. The van der Waals surface area contributed by atoms with Crippen LogP contribution in [0, 0.1) is 0 Å². The second kappa shape index (κ2) is 5.68. The lowest BCUT2D eigenvalue weighted by Gasteiger charge is -1.99. The largest absolute Gasteiger partial charge is 0.600 e. The topological polar surface area (TPSA) is 0 Å². The lowest BCUT2D eigenvalue weighted by Crippen LogP contribution is -1.98. The molecule has 1 unspecified atom stereocenters. The van der Waals surface area contributed by atoms with E-state index in [1.165, 1.54) is 6.07 Å². The van der Waals surface area contributed by atoms with Gasteiger partial charge in [-0.3, -0.25) is 0 Å². The van der Waals surface area contributed by atoms with Crippen molar-refractivity contribution in [1.82, 2.24) is 0 Å². The first-order valence-corrected chi connectivity index (χ1v) is 6.85. The zero-order valence-electron chi connectivity index (χ0n) is 9.55. The molecule has 1 atom stereocenters. The Morgan fingerprint density at radius 3 is 2.44 bits per heavy atom. The Morgan fingerprint density at radius 2 is 1.89 bits per heavy atom. The fraction of sp³-hybridized carbons (Fsp3) is 0.333. The van der Waals surface area contributed by atoms with Gasteiger partial charge in [-0.05, 0) is 18.6 Å². The molecule has 0 bridgehead atoms. The summed E-state index contributed by atoms with van der Waals surface area (Å²) < 4.78 is 39.5. The van der Waals surface area contributed by atoms with Crippen LogP contribution in [0.3, 0.4) is 0 Å². The van der Waals surface area contributed by atoms with E-state index >= 15 is 0 Å². The number of rotatable bonds is 2. The number of benzene rings is 1. The standard InChI is InChI=1S/C12H11ClF3S.ClH/c1-2-3-10-6-8-4-5-9(13)7-11(8)17(10)12(14,15)16;/h4-7H,2-3H2,1H3;1H/q+1;. The summed E-state index contributed by atoms with van der Waals surface area (Å²) in [6, 6.07) is 6.38. The third kappa shape index (κ3) is 2.92. The molecular formula is C12H12Cl2F3S+. The van der Waals surface area contributed by atoms with E-state index in [4.69, 9.17) is 11.6 Å². The van der Waals surface area contributed by atoms with Gasteiger partial charge in [0.1, 0.15) is 0 Å². The Labute approximate surface area is 117 Å². The fourth-order valence-corrected chi connectivity index (χ4v) is 4.20. The van der Waals surface area contributed by atoms with Crippen molar-refractivity contribution < 1.29 is 13.2 Å². The lowest BCUT2D eigenvalue weighted by atomic mass is 10.2. The Bertz CT molecular complexity index is 546. The Morgan fingerprint density at radius 1 is 1.22 bits per heavy atom. The van der Waals surface area contributed by atoms with Crippen LogP contribution in [0.1, 0.15) is 18.2 Å². The van der Waals surface area contributed by atoms with Crippen molar-refractivity contribution in [2.75, 3.05) is 0 Å². The van der Waals surface area contributed by atoms with Gasteiger partial charge < -0.3 is 0 Å². The molecule has 0 saturated heterocycles. The van der Waals surface area contributed by atoms with Crippen molar-refractivity contribution in [3.63, 3.8) is 0 Å². The molecule has 0 radical (unpaired) electrons. The predicted molar refractivity (Wildman–Crippen MR) is 74.0 cm³/mol. The van der Waals surface area contributed by atoms with Gasteiger partial charge in [-0.25, -0.2) is 0 Å². The average molecular weight is 316 g/mol. The number of aryl methyl sites for hydroxylation is 1. The molecule has 0 fully saturated rings. The van der Waals surface area contributed by atoms with Crippen LogP contribution in [0.4, 0.5) is 13.2 Å². The van der Waals surface area contributed by atoms with Gasteiger partial charge in [-0.2, -0.15) is 0 Å². The number of alkyl halides is 3. The molecule has 6 heteroatoms. The number of hydrogen-bond acceptors (Lipinski definition) is 0. The first kappa shape index (κ1) is 15.6. The van der Waals surface area contributed by atoms with Gasteiger partial charge in [0.15, 0.2) is 9.58 Å². The minimum atomic E-state index is -4.21. The molecule has 0 aliphatic rings. The van der Waals surface area contributed by atoms with Gasteiger partial charge in [0.25, 0.3) is 0 Å². The van der Waals surface area contributed by atoms with Crippen molar-refractivity contribution in [3.05, 3.63) is 34.2 Å². The maximum Gasteiger partial charge on any atom is 0.600 e. The van der Waals surface area contributed by atoms with Crippen LogP contribution >= 0.6 is 34.5 Å². The highest BCUT2D eigenvalue weighted by molar-refractivity contribution is 7.38. The molecule has 1 aromatic heterocycles. The summed E-state index contributed by atoms with van der Waals surface area (Å²) in [7, 11) is -1.79. The van der Waals surface area contributed by atoms with Crippen molar-refractivity contribution in [3.8, 4) is 0 Å². The van der Waals surface area contributed by atoms with E-state index in [9.17, 15) is 13.2 Å². The van der Waals surface area contributed by atoms with Crippen LogP contribution < -0.4 is 0 Å². The first-order valence-electron chi connectivity index (χ1n) is 5.24. The van der Waals surface area contributed by atoms with Crippen LogP contribution in [0.5, 0.6) is 0 Å². The lowest BCUT2D eigenvalue weighted by molar-refractivity contribution is -0.0867. The summed E-state index contributed by atoms with van der Waals surface area (Å²) in [5.41, 5.74) is -4.21. The van der Waals surface area contributed by atoms with E-state index in [0.717, 1.165) is 0 Å². The molecule has 0 aliphatic carbocycles.